The summed E-state index contributed by atoms with van der Waals surface area (Å²) in [5.74, 6) is 1.03. The van der Waals surface area contributed by atoms with E-state index in [-0.39, 0.29) is 6.03 Å². The number of aromatic nitrogens is 2. The van der Waals surface area contributed by atoms with Crippen LogP contribution >= 0.6 is 11.8 Å². The third-order valence-corrected chi connectivity index (χ3v) is 4.69. The molecule has 1 aliphatic heterocycles. The quantitative estimate of drug-likeness (QED) is 0.861. The highest BCUT2D eigenvalue weighted by atomic mass is 32.2. The Labute approximate surface area is 134 Å². The molecule has 5 nitrogen and oxygen atoms in total. The molecule has 0 radical (unpaired) electrons. The lowest BCUT2D eigenvalue weighted by molar-refractivity contribution is 0.218. The molecule has 0 unspecified atom stereocenters. The molecule has 1 aliphatic rings. The number of aryl methyl sites for hydroxylation is 1. The van der Waals surface area contributed by atoms with Crippen molar-refractivity contribution < 1.29 is 4.79 Å². The van der Waals surface area contributed by atoms with E-state index in [1.807, 2.05) is 28.9 Å². The lowest BCUT2D eigenvalue weighted by atomic mass is 10.3. The fraction of sp³-hybridized carbons (Fsp3) is 0.375. The van der Waals surface area contributed by atoms with Crippen LogP contribution < -0.4 is 4.90 Å². The number of carbonyl (C=O) groups is 1. The molecule has 22 heavy (non-hydrogen) atoms. The van der Waals surface area contributed by atoms with Gasteiger partial charge in [0.25, 0.3) is 0 Å². The molecule has 3 rings (SSSR count). The van der Waals surface area contributed by atoms with Crippen molar-refractivity contribution in [3.63, 3.8) is 0 Å². The van der Waals surface area contributed by atoms with Gasteiger partial charge < -0.3 is 9.88 Å². The van der Waals surface area contributed by atoms with E-state index < -0.39 is 0 Å². The number of aromatic amines is 1. The van der Waals surface area contributed by atoms with Crippen molar-refractivity contribution in [3.8, 4) is 0 Å². The Balaban J connectivity index is 1.73. The second-order valence-electron chi connectivity index (χ2n) is 5.26. The van der Waals surface area contributed by atoms with Gasteiger partial charge in [0.2, 0.25) is 0 Å². The van der Waals surface area contributed by atoms with Crippen LogP contribution in [0.1, 0.15) is 18.3 Å². The number of hydrogen-bond donors (Lipinski definition) is 1. The van der Waals surface area contributed by atoms with Crippen LogP contribution in [0.2, 0.25) is 0 Å². The zero-order valence-corrected chi connectivity index (χ0v) is 13.7. The third kappa shape index (κ3) is 2.97. The summed E-state index contributed by atoms with van der Waals surface area (Å²) in [6.45, 7) is 6.13. The molecule has 1 aromatic heterocycles. The molecular weight excluding hydrogens is 296 g/mol. The van der Waals surface area contributed by atoms with Crippen LogP contribution in [0, 0.1) is 6.92 Å². The van der Waals surface area contributed by atoms with Crippen molar-refractivity contribution in [2.24, 2.45) is 0 Å². The van der Waals surface area contributed by atoms with E-state index in [4.69, 9.17) is 0 Å². The minimum absolute atomic E-state index is 0.0565. The molecule has 116 valence electrons. The number of rotatable bonds is 5. The number of amides is 2. The van der Waals surface area contributed by atoms with Crippen LogP contribution in [-0.4, -0.2) is 39.7 Å². The highest BCUT2D eigenvalue weighted by Gasteiger charge is 2.30. The third-order valence-electron chi connectivity index (χ3n) is 3.81. The number of benzene rings is 1. The van der Waals surface area contributed by atoms with Crippen molar-refractivity contribution in [1.29, 1.82) is 0 Å². The molecule has 2 amide bonds. The fourth-order valence-corrected chi connectivity index (χ4v) is 3.32. The Bertz CT molecular complexity index is 670. The highest BCUT2D eigenvalue weighted by Crippen LogP contribution is 2.26. The molecule has 1 N–H and O–H groups in total. The summed E-state index contributed by atoms with van der Waals surface area (Å²) in [5, 5.41) is 0. The maximum absolute atomic E-state index is 12.6. The molecule has 0 atom stereocenters. The maximum atomic E-state index is 12.6. The van der Waals surface area contributed by atoms with Crippen molar-refractivity contribution in [2.45, 2.75) is 25.3 Å². The minimum atomic E-state index is 0.0565. The van der Waals surface area contributed by atoms with E-state index in [1.165, 1.54) is 4.90 Å². The van der Waals surface area contributed by atoms with Gasteiger partial charge in [-0.2, -0.15) is 0 Å². The number of nitrogens with one attached hydrogen (secondary N) is 1. The van der Waals surface area contributed by atoms with Gasteiger partial charge >= 0.3 is 6.03 Å². The monoisotopic (exact) mass is 316 g/mol. The largest absolute Gasteiger partial charge is 0.348 e. The Kier molecular flexibility index (Phi) is 4.38. The number of H-pyrrole nitrogens is 1. The number of hydrogen-bond acceptors (Lipinski definition) is 3. The molecule has 2 heterocycles. The molecule has 1 saturated heterocycles. The lowest BCUT2D eigenvalue weighted by Gasteiger charge is -2.19. The Morgan fingerprint density at radius 1 is 1.36 bits per heavy atom. The van der Waals surface area contributed by atoms with Gasteiger partial charge in [-0.15, -0.1) is 11.8 Å². The van der Waals surface area contributed by atoms with E-state index in [0.717, 1.165) is 35.9 Å². The smallest absolute Gasteiger partial charge is 0.324 e. The molecule has 2 aromatic rings. The minimum Gasteiger partial charge on any atom is -0.348 e. The summed E-state index contributed by atoms with van der Waals surface area (Å²) >= 11 is 1.79. The first-order valence-corrected chi connectivity index (χ1v) is 8.45. The van der Waals surface area contributed by atoms with E-state index in [2.05, 4.69) is 29.0 Å². The molecule has 0 spiro atoms. The first-order chi connectivity index (χ1) is 10.7. The Morgan fingerprint density at radius 3 is 2.95 bits per heavy atom. The van der Waals surface area contributed by atoms with Gasteiger partial charge in [-0.3, -0.25) is 4.90 Å². The summed E-state index contributed by atoms with van der Waals surface area (Å²) in [6.07, 6.45) is 1.68. The molecule has 6 heteroatoms. The van der Waals surface area contributed by atoms with Gasteiger partial charge in [-0.05, 0) is 30.9 Å². The second-order valence-corrected chi connectivity index (χ2v) is 6.60. The van der Waals surface area contributed by atoms with Gasteiger partial charge in [0.1, 0.15) is 0 Å². The average Bonchev–Trinajstić information content (AvgIpc) is 3.08. The van der Waals surface area contributed by atoms with Crippen LogP contribution in [0.3, 0.4) is 0 Å². The normalized spacial score (nSPS) is 14.9. The van der Waals surface area contributed by atoms with Gasteiger partial charge in [0, 0.05) is 29.4 Å². The zero-order chi connectivity index (χ0) is 15.5. The van der Waals surface area contributed by atoms with E-state index in [0.29, 0.717) is 6.54 Å². The SMILES string of the molecule is CCSc1cccc(N2CCN(Cc3nc[nH]c3C)C2=O)c1. The summed E-state index contributed by atoms with van der Waals surface area (Å²) in [6, 6.07) is 8.25. The molecule has 1 fully saturated rings. The number of nitrogens with zero attached hydrogens (tertiary/aromatic N) is 3. The van der Waals surface area contributed by atoms with Gasteiger partial charge in [0.15, 0.2) is 0 Å². The topological polar surface area (TPSA) is 52.2 Å². The first-order valence-electron chi connectivity index (χ1n) is 7.47. The zero-order valence-electron chi connectivity index (χ0n) is 12.9. The van der Waals surface area contributed by atoms with Crippen LogP contribution in [0.4, 0.5) is 10.5 Å². The fourth-order valence-electron chi connectivity index (χ4n) is 2.60. The Hall–Kier alpha value is -1.95. The van der Waals surface area contributed by atoms with Crippen molar-refractivity contribution >= 4 is 23.5 Å². The van der Waals surface area contributed by atoms with Crippen LogP contribution in [0.25, 0.3) is 0 Å². The van der Waals surface area contributed by atoms with Crippen molar-refractivity contribution in [2.75, 3.05) is 23.7 Å². The van der Waals surface area contributed by atoms with E-state index in [9.17, 15) is 4.79 Å². The number of imidazole rings is 1. The summed E-state index contributed by atoms with van der Waals surface area (Å²) < 4.78 is 0. The maximum Gasteiger partial charge on any atom is 0.324 e. The van der Waals surface area contributed by atoms with Crippen LogP contribution in [0.15, 0.2) is 35.5 Å². The number of carbonyl (C=O) groups excluding carboxylic acids is 1. The van der Waals surface area contributed by atoms with E-state index in [1.54, 1.807) is 18.1 Å². The standard InChI is InChI=1S/C16H20N4OS/c1-3-22-14-6-4-5-13(9-14)20-8-7-19(16(20)21)10-15-12(2)17-11-18-15/h4-6,9,11H,3,7-8,10H2,1-2H3,(H,17,18). The second kappa shape index (κ2) is 6.44. The average molecular weight is 316 g/mol. The predicted molar refractivity (Wildman–Crippen MR) is 89.3 cm³/mol. The molecule has 1 aromatic carbocycles. The van der Waals surface area contributed by atoms with Crippen LogP contribution in [0.5, 0.6) is 0 Å². The van der Waals surface area contributed by atoms with Crippen molar-refractivity contribution in [3.05, 3.63) is 42.0 Å². The Morgan fingerprint density at radius 2 is 2.23 bits per heavy atom. The lowest BCUT2D eigenvalue weighted by Crippen LogP contribution is -2.31. The first kappa shape index (κ1) is 15.0. The molecule has 0 bridgehead atoms. The predicted octanol–water partition coefficient (Wildman–Crippen LogP) is 3.27. The number of urea groups is 1. The van der Waals surface area contributed by atoms with E-state index >= 15 is 0 Å². The highest BCUT2D eigenvalue weighted by molar-refractivity contribution is 7.99. The van der Waals surface area contributed by atoms with Gasteiger partial charge in [-0.25, -0.2) is 9.78 Å². The summed E-state index contributed by atoms with van der Waals surface area (Å²) in [5.41, 5.74) is 2.93. The molecule has 0 saturated carbocycles. The van der Waals surface area contributed by atoms with Crippen molar-refractivity contribution in [1.82, 2.24) is 14.9 Å². The van der Waals surface area contributed by atoms with Gasteiger partial charge in [0.05, 0.1) is 18.6 Å². The number of anilines is 1. The number of thioether (sulfide) groups is 1. The summed E-state index contributed by atoms with van der Waals surface area (Å²) in [4.78, 5) is 24.9. The molecular formula is C16H20N4OS. The van der Waals surface area contributed by atoms with Gasteiger partial charge in [-0.1, -0.05) is 13.0 Å². The molecule has 0 aliphatic carbocycles. The summed E-state index contributed by atoms with van der Waals surface area (Å²) in [7, 11) is 0. The van der Waals surface area contributed by atoms with Crippen LogP contribution in [-0.2, 0) is 6.54 Å².